The summed E-state index contributed by atoms with van der Waals surface area (Å²) in [5.74, 6) is 1.33. The average molecular weight is 310 g/mol. The minimum absolute atomic E-state index is 0.491. The molecule has 0 aliphatic carbocycles. The van der Waals surface area contributed by atoms with E-state index in [0.717, 1.165) is 23.4 Å². The van der Waals surface area contributed by atoms with E-state index in [4.69, 9.17) is 4.74 Å². The van der Waals surface area contributed by atoms with Gasteiger partial charge < -0.3 is 15.4 Å². The maximum Gasteiger partial charge on any atom is 0.207 e. The van der Waals surface area contributed by atoms with Gasteiger partial charge >= 0.3 is 0 Å². The maximum absolute atomic E-state index is 10.2. The molecule has 23 heavy (non-hydrogen) atoms. The van der Waals surface area contributed by atoms with Gasteiger partial charge in [-0.1, -0.05) is 0 Å². The molecule has 2 N–H and O–H groups in total. The van der Waals surface area contributed by atoms with Crippen LogP contribution in [0.5, 0.6) is 5.75 Å². The predicted octanol–water partition coefficient (Wildman–Crippen LogP) is 2.18. The van der Waals surface area contributed by atoms with E-state index in [9.17, 15) is 10.1 Å². The molecule has 0 bridgehead atoms. The standard InChI is InChI=1S/C17H18N4O2/c1-23-15-6-3-13(4-7-15)16-8-5-14(11-18)17(21-16)20-10-2-9-19-12-22/h3-8,12H,2,9-10H2,1H3,(H,19,22)(H,20,21). The Balaban J connectivity index is 2.13. The molecular formula is C17H18N4O2. The van der Waals surface area contributed by atoms with Crippen LogP contribution in [0, 0.1) is 11.3 Å². The van der Waals surface area contributed by atoms with Crippen molar-refractivity contribution in [2.75, 3.05) is 25.5 Å². The Kier molecular flexibility index (Phi) is 5.95. The first kappa shape index (κ1) is 16.3. The van der Waals surface area contributed by atoms with Crippen molar-refractivity contribution >= 4 is 12.2 Å². The van der Waals surface area contributed by atoms with Gasteiger partial charge in [0.25, 0.3) is 0 Å². The monoisotopic (exact) mass is 310 g/mol. The summed E-state index contributed by atoms with van der Waals surface area (Å²) >= 11 is 0. The van der Waals surface area contributed by atoms with Crippen molar-refractivity contribution in [3.05, 3.63) is 42.0 Å². The third-order valence-electron chi connectivity index (χ3n) is 3.28. The molecule has 0 saturated carbocycles. The quantitative estimate of drug-likeness (QED) is 0.576. The minimum atomic E-state index is 0.491. The number of nitrogens with zero attached hydrogens (tertiary/aromatic N) is 2. The predicted molar refractivity (Wildman–Crippen MR) is 88.1 cm³/mol. The van der Waals surface area contributed by atoms with Gasteiger partial charge in [0.1, 0.15) is 17.6 Å². The fourth-order valence-electron chi connectivity index (χ4n) is 2.06. The second-order valence-electron chi connectivity index (χ2n) is 4.79. The zero-order chi connectivity index (χ0) is 16.5. The van der Waals surface area contributed by atoms with Gasteiger partial charge in [0.2, 0.25) is 6.41 Å². The minimum Gasteiger partial charge on any atom is -0.497 e. The fourth-order valence-corrected chi connectivity index (χ4v) is 2.06. The molecule has 6 heteroatoms. The fraction of sp³-hybridized carbons (Fsp3) is 0.235. The zero-order valence-corrected chi connectivity index (χ0v) is 12.9. The van der Waals surface area contributed by atoms with Gasteiger partial charge in [0.05, 0.1) is 18.4 Å². The van der Waals surface area contributed by atoms with E-state index >= 15 is 0 Å². The van der Waals surface area contributed by atoms with Gasteiger partial charge in [0, 0.05) is 18.7 Å². The molecule has 0 atom stereocenters. The highest BCUT2D eigenvalue weighted by molar-refractivity contribution is 5.65. The number of pyridine rings is 1. The smallest absolute Gasteiger partial charge is 0.207 e. The SMILES string of the molecule is COc1ccc(-c2ccc(C#N)c(NCCCNC=O)n2)cc1. The molecule has 0 radical (unpaired) electrons. The van der Waals surface area contributed by atoms with Crippen LogP contribution in [-0.2, 0) is 4.79 Å². The van der Waals surface area contributed by atoms with Crippen LogP contribution in [0.3, 0.4) is 0 Å². The van der Waals surface area contributed by atoms with Gasteiger partial charge in [0.15, 0.2) is 0 Å². The van der Waals surface area contributed by atoms with Gasteiger partial charge in [-0.3, -0.25) is 4.79 Å². The second kappa shape index (κ2) is 8.39. The Morgan fingerprint density at radius 2 is 2.00 bits per heavy atom. The van der Waals surface area contributed by atoms with Crippen molar-refractivity contribution in [1.29, 1.82) is 5.26 Å². The summed E-state index contributed by atoms with van der Waals surface area (Å²) in [6, 6.07) is 13.3. The number of hydrogen-bond donors (Lipinski definition) is 2. The molecule has 0 unspecified atom stereocenters. The highest BCUT2D eigenvalue weighted by atomic mass is 16.5. The van der Waals surface area contributed by atoms with Crippen LogP contribution in [0.4, 0.5) is 5.82 Å². The first-order valence-corrected chi connectivity index (χ1v) is 7.25. The summed E-state index contributed by atoms with van der Waals surface area (Å²) in [5.41, 5.74) is 2.21. The van der Waals surface area contributed by atoms with E-state index in [0.29, 0.717) is 30.9 Å². The number of hydrogen-bond acceptors (Lipinski definition) is 5. The van der Waals surface area contributed by atoms with E-state index < -0.39 is 0 Å². The third kappa shape index (κ3) is 4.45. The lowest BCUT2D eigenvalue weighted by Crippen LogP contribution is -2.16. The summed E-state index contributed by atoms with van der Waals surface area (Å²) in [4.78, 5) is 14.7. The summed E-state index contributed by atoms with van der Waals surface area (Å²) in [7, 11) is 1.62. The van der Waals surface area contributed by atoms with Gasteiger partial charge in [-0.25, -0.2) is 4.98 Å². The molecule has 0 aliphatic rings. The highest BCUT2D eigenvalue weighted by Gasteiger charge is 2.07. The molecule has 0 spiro atoms. The van der Waals surface area contributed by atoms with Gasteiger partial charge in [-0.2, -0.15) is 5.26 Å². The van der Waals surface area contributed by atoms with Crippen molar-refractivity contribution in [1.82, 2.24) is 10.3 Å². The number of amides is 1. The number of anilines is 1. The molecule has 2 rings (SSSR count). The van der Waals surface area contributed by atoms with Crippen molar-refractivity contribution in [2.24, 2.45) is 0 Å². The Morgan fingerprint density at radius 1 is 1.22 bits per heavy atom. The summed E-state index contributed by atoms with van der Waals surface area (Å²) in [6.07, 6.45) is 1.42. The zero-order valence-electron chi connectivity index (χ0n) is 12.9. The van der Waals surface area contributed by atoms with Crippen LogP contribution in [0.15, 0.2) is 36.4 Å². The molecule has 118 valence electrons. The molecule has 2 aromatic rings. The Morgan fingerprint density at radius 3 is 2.65 bits per heavy atom. The van der Waals surface area contributed by atoms with E-state index in [1.807, 2.05) is 30.3 Å². The van der Waals surface area contributed by atoms with Crippen LogP contribution >= 0.6 is 0 Å². The van der Waals surface area contributed by atoms with Gasteiger partial charge in [-0.05, 0) is 42.8 Å². The summed E-state index contributed by atoms with van der Waals surface area (Å²) in [6.45, 7) is 1.20. The number of benzene rings is 1. The number of methoxy groups -OCH3 is 1. The van der Waals surface area contributed by atoms with Gasteiger partial charge in [-0.15, -0.1) is 0 Å². The Labute approximate surface area is 135 Å². The van der Waals surface area contributed by atoms with Crippen LogP contribution in [-0.4, -0.2) is 31.6 Å². The molecule has 1 aromatic carbocycles. The molecular weight excluding hydrogens is 292 g/mol. The molecule has 0 saturated heterocycles. The van der Waals surface area contributed by atoms with E-state index in [1.54, 1.807) is 13.2 Å². The summed E-state index contributed by atoms with van der Waals surface area (Å²) in [5, 5.41) is 14.9. The van der Waals surface area contributed by atoms with Crippen LogP contribution in [0.25, 0.3) is 11.3 Å². The number of ether oxygens (including phenoxy) is 1. The Bertz CT molecular complexity index is 693. The molecule has 0 fully saturated rings. The lowest BCUT2D eigenvalue weighted by Gasteiger charge is -2.10. The van der Waals surface area contributed by atoms with Crippen LogP contribution < -0.4 is 15.4 Å². The highest BCUT2D eigenvalue weighted by Crippen LogP contribution is 2.23. The average Bonchev–Trinajstić information content (AvgIpc) is 2.61. The number of carbonyl (C=O) groups excluding carboxylic acids is 1. The largest absolute Gasteiger partial charge is 0.497 e. The number of aromatic nitrogens is 1. The number of nitrogens with one attached hydrogen (secondary N) is 2. The summed E-state index contributed by atoms with van der Waals surface area (Å²) < 4.78 is 5.14. The topological polar surface area (TPSA) is 87.0 Å². The van der Waals surface area contributed by atoms with E-state index in [1.165, 1.54) is 0 Å². The first-order chi connectivity index (χ1) is 11.3. The number of carbonyl (C=O) groups is 1. The second-order valence-corrected chi connectivity index (χ2v) is 4.79. The Hall–Kier alpha value is -3.07. The van der Waals surface area contributed by atoms with Crippen molar-refractivity contribution < 1.29 is 9.53 Å². The maximum atomic E-state index is 10.2. The molecule has 1 aromatic heterocycles. The molecule has 6 nitrogen and oxygen atoms in total. The molecule has 1 heterocycles. The lowest BCUT2D eigenvalue weighted by molar-refractivity contribution is -0.109. The van der Waals surface area contributed by atoms with E-state index in [2.05, 4.69) is 21.7 Å². The normalized spacial score (nSPS) is 9.74. The number of nitriles is 1. The lowest BCUT2D eigenvalue weighted by atomic mass is 10.1. The van der Waals surface area contributed by atoms with Crippen molar-refractivity contribution in [3.63, 3.8) is 0 Å². The van der Waals surface area contributed by atoms with Crippen LogP contribution in [0.2, 0.25) is 0 Å². The van der Waals surface area contributed by atoms with Crippen molar-refractivity contribution in [3.8, 4) is 23.1 Å². The first-order valence-electron chi connectivity index (χ1n) is 7.25. The van der Waals surface area contributed by atoms with Crippen molar-refractivity contribution in [2.45, 2.75) is 6.42 Å². The number of rotatable bonds is 8. The molecule has 0 aliphatic heterocycles. The molecule has 1 amide bonds. The van der Waals surface area contributed by atoms with E-state index in [-0.39, 0.29) is 0 Å². The van der Waals surface area contributed by atoms with Crippen LogP contribution in [0.1, 0.15) is 12.0 Å². The third-order valence-corrected chi connectivity index (χ3v) is 3.28.